The molecule has 3 atom stereocenters. The van der Waals surface area contributed by atoms with Crippen LogP contribution in [-0.2, 0) is 4.74 Å². The van der Waals surface area contributed by atoms with Gasteiger partial charge in [-0.2, -0.15) is 0 Å². The maximum Gasteiger partial charge on any atom is 0.176 e. The van der Waals surface area contributed by atoms with Crippen LogP contribution in [0.25, 0.3) is 0 Å². The maximum absolute atomic E-state index is 9.34. The van der Waals surface area contributed by atoms with E-state index in [2.05, 4.69) is 4.99 Å². The summed E-state index contributed by atoms with van der Waals surface area (Å²) in [6.07, 6.45) is -1.15. The van der Waals surface area contributed by atoms with Crippen molar-refractivity contribution in [2.24, 2.45) is 10.7 Å². The molecule has 1 saturated heterocycles. The summed E-state index contributed by atoms with van der Waals surface area (Å²) in [6, 6.07) is 0. The molecule has 70 valence electrons. The van der Waals surface area contributed by atoms with E-state index in [1.54, 1.807) is 6.92 Å². The molecule has 5 nitrogen and oxygen atoms in total. The third-order valence-electron chi connectivity index (χ3n) is 1.70. The molecule has 0 bridgehead atoms. The Balaban J connectivity index is 2.52. The number of nitrogens with zero attached hydrogens (tertiary/aromatic N) is 1. The summed E-state index contributed by atoms with van der Waals surface area (Å²) in [5.41, 5.74) is 5.32. The Hall–Kier alpha value is -0.650. The Kier molecular flexibility index (Phi) is 3.02. The molecule has 5 heteroatoms. The van der Waals surface area contributed by atoms with Gasteiger partial charge in [0, 0.05) is 6.42 Å². The Morgan fingerprint density at radius 2 is 2.42 bits per heavy atom. The van der Waals surface area contributed by atoms with Gasteiger partial charge < -0.3 is 20.7 Å². The average molecular weight is 174 g/mol. The second-order valence-corrected chi connectivity index (χ2v) is 2.90. The summed E-state index contributed by atoms with van der Waals surface area (Å²) >= 11 is 0. The highest BCUT2D eigenvalue weighted by Crippen LogP contribution is 2.20. The number of hydrogen-bond donors (Lipinski definition) is 3. The Bertz CT molecular complexity index is 179. The number of amidine groups is 1. The van der Waals surface area contributed by atoms with E-state index in [4.69, 9.17) is 15.6 Å². The van der Waals surface area contributed by atoms with Gasteiger partial charge in [0.1, 0.15) is 6.10 Å². The predicted octanol–water partition coefficient (Wildman–Crippen LogP) is -1.17. The molecular weight excluding hydrogens is 160 g/mol. The zero-order valence-corrected chi connectivity index (χ0v) is 6.97. The third kappa shape index (κ3) is 2.17. The van der Waals surface area contributed by atoms with Crippen molar-refractivity contribution in [3.8, 4) is 0 Å². The van der Waals surface area contributed by atoms with Gasteiger partial charge in [0.05, 0.1) is 18.5 Å². The molecule has 0 saturated carbocycles. The number of aliphatic imine (C=N–C) groups is 1. The van der Waals surface area contributed by atoms with Crippen LogP contribution in [0.15, 0.2) is 4.99 Å². The van der Waals surface area contributed by atoms with Crippen molar-refractivity contribution in [2.45, 2.75) is 31.8 Å². The SMILES string of the molecule is CC(N)=NC1OC(CO)CC1O. The van der Waals surface area contributed by atoms with Gasteiger partial charge >= 0.3 is 0 Å². The summed E-state index contributed by atoms with van der Waals surface area (Å²) < 4.78 is 5.17. The largest absolute Gasteiger partial charge is 0.394 e. The van der Waals surface area contributed by atoms with E-state index >= 15 is 0 Å². The molecule has 0 aromatic heterocycles. The normalized spacial score (nSPS) is 37.2. The number of aliphatic hydroxyl groups is 2. The molecule has 0 amide bonds. The van der Waals surface area contributed by atoms with Gasteiger partial charge in [-0.3, -0.25) is 0 Å². The second-order valence-electron chi connectivity index (χ2n) is 2.90. The van der Waals surface area contributed by atoms with Gasteiger partial charge in [0.15, 0.2) is 6.23 Å². The molecule has 1 aliphatic heterocycles. The van der Waals surface area contributed by atoms with E-state index in [0.717, 1.165) is 0 Å². The molecule has 1 rings (SSSR count). The molecule has 0 spiro atoms. The highest BCUT2D eigenvalue weighted by Gasteiger charge is 2.32. The third-order valence-corrected chi connectivity index (χ3v) is 1.70. The second kappa shape index (κ2) is 3.84. The predicted molar refractivity (Wildman–Crippen MR) is 43.7 cm³/mol. The Morgan fingerprint density at radius 3 is 2.83 bits per heavy atom. The molecule has 1 aliphatic rings. The van der Waals surface area contributed by atoms with Crippen LogP contribution in [0.4, 0.5) is 0 Å². The lowest BCUT2D eigenvalue weighted by Crippen LogP contribution is -2.22. The van der Waals surface area contributed by atoms with E-state index in [1.807, 2.05) is 0 Å². The van der Waals surface area contributed by atoms with Crippen molar-refractivity contribution in [3.05, 3.63) is 0 Å². The highest BCUT2D eigenvalue weighted by atomic mass is 16.5. The summed E-state index contributed by atoms with van der Waals surface area (Å²) in [4.78, 5) is 3.87. The summed E-state index contributed by atoms with van der Waals surface area (Å²) in [6.45, 7) is 1.54. The topological polar surface area (TPSA) is 88.1 Å². The minimum atomic E-state index is -0.652. The van der Waals surface area contributed by atoms with Crippen LogP contribution in [0.2, 0.25) is 0 Å². The van der Waals surface area contributed by atoms with Crippen molar-refractivity contribution < 1.29 is 14.9 Å². The minimum absolute atomic E-state index is 0.0906. The lowest BCUT2D eigenvalue weighted by Gasteiger charge is -2.09. The van der Waals surface area contributed by atoms with Crippen LogP contribution in [0.1, 0.15) is 13.3 Å². The van der Waals surface area contributed by atoms with E-state index in [1.165, 1.54) is 0 Å². The zero-order chi connectivity index (χ0) is 9.14. The van der Waals surface area contributed by atoms with E-state index in [-0.39, 0.29) is 12.7 Å². The van der Waals surface area contributed by atoms with Gasteiger partial charge in [-0.1, -0.05) is 0 Å². The zero-order valence-electron chi connectivity index (χ0n) is 6.97. The monoisotopic (exact) mass is 174 g/mol. The van der Waals surface area contributed by atoms with Crippen molar-refractivity contribution >= 4 is 5.84 Å². The lowest BCUT2D eigenvalue weighted by molar-refractivity contribution is -0.00440. The fourth-order valence-electron chi connectivity index (χ4n) is 1.16. The quantitative estimate of drug-likeness (QED) is 0.363. The molecule has 0 aromatic rings. The first-order valence-electron chi connectivity index (χ1n) is 3.87. The van der Waals surface area contributed by atoms with Crippen molar-refractivity contribution in [1.29, 1.82) is 0 Å². The van der Waals surface area contributed by atoms with Crippen LogP contribution in [0, 0.1) is 0 Å². The molecule has 12 heavy (non-hydrogen) atoms. The van der Waals surface area contributed by atoms with Gasteiger partial charge in [0.2, 0.25) is 0 Å². The standard InChI is InChI=1S/C7H14N2O3/c1-4(8)9-7-6(11)2-5(3-10)12-7/h5-7,10-11H,2-3H2,1H3,(H2,8,9). The van der Waals surface area contributed by atoms with Crippen molar-refractivity contribution in [2.75, 3.05) is 6.61 Å². The highest BCUT2D eigenvalue weighted by molar-refractivity contribution is 5.77. The molecule has 4 N–H and O–H groups in total. The van der Waals surface area contributed by atoms with E-state index < -0.39 is 12.3 Å². The fraction of sp³-hybridized carbons (Fsp3) is 0.857. The van der Waals surface area contributed by atoms with Gasteiger partial charge in [-0.15, -0.1) is 0 Å². The van der Waals surface area contributed by atoms with Crippen molar-refractivity contribution in [3.63, 3.8) is 0 Å². The smallest absolute Gasteiger partial charge is 0.176 e. The molecule has 0 aromatic carbocycles. The summed E-state index contributed by atoms with van der Waals surface area (Å²) in [5.74, 6) is 0.373. The number of hydrogen-bond acceptors (Lipinski definition) is 4. The molecule has 3 unspecified atom stereocenters. The molecule has 1 fully saturated rings. The Labute approximate surface area is 70.9 Å². The van der Waals surface area contributed by atoms with Gasteiger partial charge in [-0.25, -0.2) is 4.99 Å². The van der Waals surface area contributed by atoms with E-state index in [9.17, 15) is 5.11 Å². The van der Waals surface area contributed by atoms with Gasteiger partial charge in [0.25, 0.3) is 0 Å². The molecule has 0 radical (unpaired) electrons. The molecular formula is C7H14N2O3. The minimum Gasteiger partial charge on any atom is -0.394 e. The van der Waals surface area contributed by atoms with Crippen LogP contribution >= 0.6 is 0 Å². The summed E-state index contributed by atoms with van der Waals surface area (Å²) in [7, 11) is 0. The molecule has 1 heterocycles. The average Bonchev–Trinajstić information content (AvgIpc) is 2.31. The summed E-state index contributed by atoms with van der Waals surface area (Å²) in [5, 5.41) is 18.1. The Morgan fingerprint density at radius 1 is 1.75 bits per heavy atom. The first-order chi connectivity index (χ1) is 5.63. The van der Waals surface area contributed by atoms with Crippen LogP contribution in [0.5, 0.6) is 0 Å². The van der Waals surface area contributed by atoms with Crippen LogP contribution in [0.3, 0.4) is 0 Å². The van der Waals surface area contributed by atoms with E-state index in [0.29, 0.717) is 12.3 Å². The molecule has 0 aliphatic carbocycles. The number of nitrogens with two attached hydrogens (primary N) is 1. The van der Waals surface area contributed by atoms with Crippen molar-refractivity contribution in [1.82, 2.24) is 0 Å². The van der Waals surface area contributed by atoms with Gasteiger partial charge in [-0.05, 0) is 6.92 Å². The fourth-order valence-corrected chi connectivity index (χ4v) is 1.16. The maximum atomic E-state index is 9.34. The first kappa shape index (κ1) is 9.44. The first-order valence-corrected chi connectivity index (χ1v) is 3.87. The number of aliphatic hydroxyl groups excluding tert-OH is 2. The lowest BCUT2D eigenvalue weighted by atomic mass is 10.2. The van der Waals surface area contributed by atoms with Crippen LogP contribution < -0.4 is 5.73 Å². The number of ether oxygens (including phenoxy) is 1. The van der Waals surface area contributed by atoms with Crippen LogP contribution in [-0.4, -0.2) is 41.1 Å². The number of rotatable bonds is 2.